The zero-order chi connectivity index (χ0) is 78.2. The second-order valence-electron chi connectivity index (χ2n) is 28.5. The molecule has 9 atom stereocenters. The number of carbonyl (C=O) groups excluding carboxylic acids is 10. The average molecular weight is 1490 g/mol. The minimum absolute atomic E-state index is 0.0397. The molecule has 30 heteroatoms. The number of nitrogens with two attached hydrogens (primary N) is 2. The van der Waals surface area contributed by atoms with Gasteiger partial charge in [0.1, 0.15) is 60.1 Å². The van der Waals surface area contributed by atoms with Crippen LogP contribution < -0.4 is 59.3 Å². The van der Waals surface area contributed by atoms with Crippen molar-refractivity contribution in [3.05, 3.63) is 96.2 Å². The lowest BCUT2D eigenvalue weighted by Gasteiger charge is -2.31. The molecular weight excluding hydrogens is 1370 g/mol. The van der Waals surface area contributed by atoms with Crippen LogP contribution in [0.3, 0.4) is 0 Å². The first-order valence-corrected chi connectivity index (χ1v) is 38.1. The highest BCUT2D eigenvalue weighted by Gasteiger charge is 2.40. The summed E-state index contributed by atoms with van der Waals surface area (Å²) in [6.07, 6.45) is 27.0. The van der Waals surface area contributed by atoms with Crippen LogP contribution in [-0.2, 0) is 72.0 Å². The zero-order valence-electron chi connectivity index (χ0n) is 63.2. The molecule has 6 rings (SSSR count). The Hall–Kier alpha value is -9.87. The maximum absolute atomic E-state index is 14.7. The summed E-state index contributed by atoms with van der Waals surface area (Å²) in [5.74, 6) is -8.22. The minimum Gasteiger partial charge on any atom is -0.508 e. The molecule has 2 aromatic heterocycles. The number of aromatic nitrogens is 3. The van der Waals surface area contributed by atoms with E-state index in [0.29, 0.717) is 48.0 Å². The molecule has 4 heterocycles. The smallest absolute Gasteiger partial charge is 0.303 e. The van der Waals surface area contributed by atoms with Crippen LogP contribution in [-0.4, -0.2) is 187 Å². The van der Waals surface area contributed by atoms with Crippen molar-refractivity contribution in [2.75, 3.05) is 26.2 Å². The second kappa shape index (κ2) is 47.6. The van der Waals surface area contributed by atoms with Crippen molar-refractivity contribution in [3.8, 4) is 5.75 Å². The van der Waals surface area contributed by atoms with E-state index in [1.807, 2.05) is 19.9 Å². The lowest BCUT2D eigenvalue weighted by molar-refractivity contribution is -0.142. The Balaban J connectivity index is 0.000000891. The molecule has 2 aliphatic rings. The molecule has 0 spiro atoms. The van der Waals surface area contributed by atoms with Gasteiger partial charge in [0, 0.05) is 80.7 Å². The van der Waals surface area contributed by atoms with E-state index < -0.39 is 114 Å². The van der Waals surface area contributed by atoms with Crippen LogP contribution in [0.15, 0.2) is 84.4 Å². The number of para-hydroxylation sites is 1. The largest absolute Gasteiger partial charge is 0.508 e. The number of H-pyrrole nitrogens is 2. The van der Waals surface area contributed by atoms with Crippen LogP contribution in [0.4, 0.5) is 0 Å². The van der Waals surface area contributed by atoms with Gasteiger partial charge < -0.3 is 89.5 Å². The standard InChI is InChI=1S/C59H84N16O12.C18H34O2/c1-6-63-57(86)48-14-10-22-75(48)58(87)41(13-9-21-64-59(60)61)68-51(80)42(23-32(2)3)69-52(81)43(24-33(4)5)70-53(82)44(25-34-15-17-37(77)18-16-34)71-56(85)47(30-76)74-54(83)45(26-35-28-65-39-12-8-7-11-38(35)39)72-55(84)46(27-36-29-62-31-66-36)73-50(79)40-19-20-49(78)67-40;1-2-3-4-5-6-7-8-9-10-11-12-13-14-15-16-17-18(19)20/h7-8,11-12,15-18,28-29,31-33,40-48,65,76-77H,6,9-10,13-14,19-27,30H2,1-5H3,(H,62,66)(H,63,86)(H,67,78)(H,68,80)(H,69,81)(H,70,82)(H,71,85)(H,72,84)(H,73,79)(H,74,83)(H4,60,61,64);9-10H,2-8,11-17H2,1H3,(H,19,20)/b;10-9-/t40-,41-,42-,43+,44-,45-,46-,47-,48-;/m0./s1. The highest BCUT2D eigenvalue weighted by molar-refractivity contribution is 5.99. The Bertz CT molecular complexity index is 3520. The number of aliphatic carboxylic acids is 1. The fourth-order valence-corrected chi connectivity index (χ4v) is 12.9. The number of unbranched alkanes of at least 4 members (excludes halogenated alkanes) is 11. The number of likely N-dealkylation sites (N-methyl/N-ethyl adjacent to an activating group) is 1. The molecule has 2 aliphatic heterocycles. The number of amides is 10. The quantitative estimate of drug-likeness (QED) is 0.0124. The third-order valence-corrected chi connectivity index (χ3v) is 18.6. The monoisotopic (exact) mass is 1490 g/mol. The van der Waals surface area contributed by atoms with E-state index in [1.165, 1.54) is 112 Å². The van der Waals surface area contributed by atoms with Gasteiger partial charge in [0.15, 0.2) is 5.96 Å². The lowest BCUT2D eigenvalue weighted by atomic mass is 9.98. The summed E-state index contributed by atoms with van der Waals surface area (Å²) in [4.78, 5) is 165. The topological polar surface area (TPSA) is 469 Å². The van der Waals surface area contributed by atoms with Crippen LogP contribution in [0.25, 0.3) is 10.9 Å². The Kier molecular flexibility index (Phi) is 39.1. The summed E-state index contributed by atoms with van der Waals surface area (Å²) in [5, 5.41) is 54.4. The molecule has 2 aromatic carbocycles. The molecule has 0 radical (unpaired) electrons. The number of carbonyl (C=O) groups is 11. The van der Waals surface area contributed by atoms with Crippen molar-refractivity contribution < 1.29 is 68.1 Å². The van der Waals surface area contributed by atoms with Gasteiger partial charge in [-0.3, -0.25) is 57.7 Å². The summed E-state index contributed by atoms with van der Waals surface area (Å²) in [5.41, 5.74) is 13.3. The number of carboxylic acids is 1. The number of carboxylic acid groups (broad SMARTS) is 1. The van der Waals surface area contributed by atoms with Gasteiger partial charge in [-0.1, -0.05) is 128 Å². The van der Waals surface area contributed by atoms with Gasteiger partial charge in [-0.2, -0.15) is 0 Å². The average Bonchev–Trinajstić information content (AvgIpc) is 1.78. The van der Waals surface area contributed by atoms with Crippen molar-refractivity contribution in [1.29, 1.82) is 0 Å². The summed E-state index contributed by atoms with van der Waals surface area (Å²) in [6.45, 7) is 11.1. The zero-order valence-corrected chi connectivity index (χ0v) is 63.2. The Labute approximate surface area is 628 Å². The molecule has 0 bridgehead atoms. The summed E-state index contributed by atoms with van der Waals surface area (Å²) in [6, 6.07) is 1.58. The lowest BCUT2D eigenvalue weighted by Crippen LogP contribution is -2.61. The highest BCUT2D eigenvalue weighted by Crippen LogP contribution is 2.23. The third-order valence-electron chi connectivity index (χ3n) is 18.6. The number of aliphatic hydroxyl groups is 1. The maximum Gasteiger partial charge on any atom is 0.303 e. The van der Waals surface area contributed by atoms with E-state index in [1.54, 1.807) is 45.2 Å². The first kappa shape index (κ1) is 87.8. The molecule has 2 fully saturated rings. The Morgan fingerprint density at radius 2 is 1.19 bits per heavy atom. The Morgan fingerprint density at radius 3 is 1.75 bits per heavy atom. The Morgan fingerprint density at radius 1 is 0.636 bits per heavy atom. The van der Waals surface area contributed by atoms with Crippen LogP contribution in [0.5, 0.6) is 5.75 Å². The predicted octanol–water partition coefficient (Wildman–Crippen LogP) is 4.67. The van der Waals surface area contributed by atoms with Crippen molar-refractivity contribution in [2.24, 2.45) is 28.3 Å². The van der Waals surface area contributed by atoms with E-state index in [2.05, 4.69) is 86.9 Å². The number of rotatable bonds is 47. The van der Waals surface area contributed by atoms with E-state index in [0.717, 1.165) is 18.4 Å². The third kappa shape index (κ3) is 32.0. The van der Waals surface area contributed by atoms with Gasteiger partial charge in [0.25, 0.3) is 0 Å². The van der Waals surface area contributed by atoms with E-state index >= 15 is 0 Å². The van der Waals surface area contributed by atoms with Gasteiger partial charge >= 0.3 is 5.97 Å². The van der Waals surface area contributed by atoms with Crippen LogP contribution in [0, 0.1) is 11.8 Å². The number of hydrogen-bond acceptors (Lipinski definition) is 15. The van der Waals surface area contributed by atoms with E-state index in [-0.39, 0.29) is 106 Å². The summed E-state index contributed by atoms with van der Waals surface area (Å²) >= 11 is 0. The molecule has 18 N–H and O–H groups in total. The number of aliphatic hydroxyl groups excluding tert-OH is 1. The summed E-state index contributed by atoms with van der Waals surface area (Å²) in [7, 11) is 0. The predicted molar refractivity (Wildman–Crippen MR) is 407 cm³/mol. The molecule has 2 saturated heterocycles. The number of likely N-dealkylation sites (tertiary alicyclic amines) is 1. The van der Waals surface area contributed by atoms with Gasteiger partial charge in [-0.25, -0.2) is 4.98 Å². The van der Waals surface area contributed by atoms with Gasteiger partial charge in [-0.05, 0) is 125 Å². The van der Waals surface area contributed by atoms with E-state index in [9.17, 15) is 63.0 Å². The summed E-state index contributed by atoms with van der Waals surface area (Å²) < 4.78 is 0. The fourth-order valence-electron chi connectivity index (χ4n) is 12.9. The van der Waals surface area contributed by atoms with Crippen molar-refractivity contribution >= 4 is 81.9 Å². The molecule has 0 aliphatic carbocycles. The SMILES string of the molecule is CCCCCCCC/C=C\CCCCCCCC(=O)O.CCNC(=O)[C@@H]1CCCN1C(=O)[C@H](CCCN=C(N)N)NC(=O)[C@H](CC(C)C)NC(=O)[C@@H](CC(C)C)NC(=O)[C@H](Cc1ccc(O)cc1)NC(=O)[C@H](CO)NC(=O)[C@H](Cc1c[nH]c2ccccc12)NC(=O)[C@H](Cc1cnc[nH]1)NC(=O)[C@@H]1CCC(=O)N1. The molecule has 30 nitrogen and oxygen atoms in total. The van der Waals surface area contributed by atoms with Gasteiger partial charge in [0.2, 0.25) is 59.1 Å². The number of nitrogens with zero attached hydrogens (tertiary/aromatic N) is 3. The number of allylic oxidation sites excluding steroid dienone is 2. The van der Waals surface area contributed by atoms with Crippen molar-refractivity contribution in [2.45, 2.75) is 256 Å². The number of nitrogens with one attached hydrogen (secondary N) is 11. The van der Waals surface area contributed by atoms with Crippen molar-refractivity contribution in [3.63, 3.8) is 0 Å². The molecule has 590 valence electrons. The second-order valence-corrected chi connectivity index (χ2v) is 28.5. The maximum atomic E-state index is 14.7. The highest BCUT2D eigenvalue weighted by atomic mass is 16.4. The number of aromatic hydroxyl groups is 1. The normalized spacial score (nSPS) is 16.0. The number of benzene rings is 2. The van der Waals surface area contributed by atoms with Gasteiger partial charge in [-0.15, -0.1) is 0 Å². The van der Waals surface area contributed by atoms with E-state index in [4.69, 9.17) is 16.6 Å². The molecule has 107 heavy (non-hydrogen) atoms. The molecule has 10 amide bonds. The molecule has 0 saturated carbocycles. The van der Waals surface area contributed by atoms with Crippen molar-refractivity contribution in [1.82, 2.24) is 67.7 Å². The number of aromatic amines is 2. The first-order chi connectivity index (χ1) is 51.3. The number of phenols is 1. The molecule has 4 aromatic rings. The van der Waals surface area contributed by atoms with Crippen LogP contribution >= 0.6 is 0 Å². The number of hydrogen-bond donors (Lipinski definition) is 16. The minimum atomic E-state index is -1.75. The van der Waals surface area contributed by atoms with Crippen LogP contribution in [0.2, 0.25) is 0 Å². The molecular formula is C77H118N16O14. The number of imidazole rings is 1. The fraction of sp³-hybridized carbons (Fsp3) is 0.597. The number of aliphatic imine (C=N–C) groups is 1. The number of fused-ring (bicyclic) bond motifs is 1. The molecule has 0 unspecified atom stereocenters. The number of guanidine groups is 1. The first-order valence-electron chi connectivity index (χ1n) is 38.1. The number of phenolic OH excluding ortho intramolecular Hbond substituents is 1. The van der Waals surface area contributed by atoms with Crippen LogP contribution in [0.1, 0.15) is 200 Å². The van der Waals surface area contributed by atoms with Gasteiger partial charge in [0.05, 0.1) is 12.9 Å².